The molecule has 4 heterocycles. The molecular formula is C22H42N4S2. The van der Waals surface area contributed by atoms with Crippen molar-refractivity contribution in [3.05, 3.63) is 0 Å². The molecule has 28 heavy (non-hydrogen) atoms. The molecule has 0 amide bonds. The second-order valence-corrected chi connectivity index (χ2v) is 12.6. The summed E-state index contributed by atoms with van der Waals surface area (Å²) in [5.41, 5.74) is 1.45. The van der Waals surface area contributed by atoms with Gasteiger partial charge in [-0.05, 0) is 89.8 Å². The van der Waals surface area contributed by atoms with Gasteiger partial charge in [0, 0.05) is 62.3 Å². The van der Waals surface area contributed by atoms with Gasteiger partial charge in [0.2, 0.25) is 0 Å². The molecule has 4 fully saturated rings. The highest BCUT2D eigenvalue weighted by molar-refractivity contribution is 8.67. The lowest BCUT2D eigenvalue weighted by atomic mass is 9.75. The van der Waals surface area contributed by atoms with E-state index in [1.165, 1.54) is 78.0 Å². The molecule has 0 aliphatic carbocycles. The molecule has 0 saturated carbocycles. The first-order valence-electron chi connectivity index (χ1n) is 11.5. The zero-order chi connectivity index (χ0) is 20.2. The van der Waals surface area contributed by atoms with Gasteiger partial charge in [-0.25, -0.2) is 4.31 Å². The van der Waals surface area contributed by atoms with Gasteiger partial charge < -0.3 is 4.90 Å². The molecule has 0 aromatic carbocycles. The van der Waals surface area contributed by atoms with Crippen molar-refractivity contribution in [1.29, 1.82) is 0 Å². The third-order valence-corrected chi connectivity index (χ3v) is 9.75. The van der Waals surface area contributed by atoms with E-state index in [0.717, 1.165) is 0 Å². The number of nitrogens with zero attached hydrogens (tertiary/aromatic N) is 4. The first-order chi connectivity index (χ1) is 13.2. The zero-order valence-corrected chi connectivity index (χ0v) is 20.5. The summed E-state index contributed by atoms with van der Waals surface area (Å²) in [6.45, 7) is 22.4. The minimum absolute atomic E-state index is 0.307. The van der Waals surface area contributed by atoms with E-state index in [1.807, 2.05) is 0 Å². The lowest BCUT2D eigenvalue weighted by Gasteiger charge is -2.56. The van der Waals surface area contributed by atoms with Crippen LogP contribution in [0.1, 0.15) is 60.3 Å². The van der Waals surface area contributed by atoms with E-state index >= 15 is 0 Å². The third kappa shape index (κ3) is 4.16. The normalized spacial score (nSPS) is 33.5. The topological polar surface area (TPSA) is 13.0 Å². The van der Waals surface area contributed by atoms with E-state index in [9.17, 15) is 0 Å². The van der Waals surface area contributed by atoms with Gasteiger partial charge in [0.15, 0.2) is 0 Å². The minimum atomic E-state index is 0.307. The van der Waals surface area contributed by atoms with Crippen LogP contribution in [0.3, 0.4) is 0 Å². The molecule has 4 rings (SSSR count). The van der Waals surface area contributed by atoms with E-state index in [1.54, 1.807) is 11.0 Å². The summed E-state index contributed by atoms with van der Waals surface area (Å²) < 4.78 is 2.43. The fraction of sp³-hybridized carbons (Fsp3) is 1.00. The maximum absolute atomic E-state index is 4.40. The molecule has 4 saturated heterocycles. The lowest BCUT2D eigenvalue weighted by Crippen LogP contribution is -2.65. The van der Waals surface area contributed by atoms with Gasteiger partial charge in [0.1, 0.15) is 0 Å². The van der Waals surface area contributed by atoms with Gasteiger partial charge in [-0.3, -0.25) is 9.80 Å². The lowest BCUT2D eigenvalue weighted by molar-refractivity contribution is -0.0666. The molecule has 4 aliphatic rings. The number of rotatable bonds is 6. The summed E-state index contributed by atoms with van der Waals surface area (Å²) in [5.74, 6) is 0. The van der Waals surface area contributed by atoms with Crippen molar-refractivity contribution in [2.75, 3.05) is 52.4 Å². The number of likely N-dealkylation sites (tertiary alicyclic amines) is 3. The summed E-state index contributed by atoms with van der Waals surface area (Å²) in [7, 11) is 1.63. The first kappa shape index (κ1) is 21.8. The highest BCUT2D eigenvalue weighted by atomic mass is 33.1. The molecule has 2 unspecified atom stereocenters. The fourth-order valence-corrected chi connectivity index (χ4v) is 7.41. The molecule has 2 atom stereocenters. The average molecular weight is 427 g/mol. The smallest absolute Gasteiger partial charge is 0.0179 e. The van der Waals surface area contributed by atoms with Crippen LogP contribution in [0.25, 0.3) is 0 Å². The molecule has 0 radical (unpaired) electrons. The van der Waals surface area contributed by atoms with Crippen molar-refractivity contribution in [2.45, 2.75) is 77.9 Å². The van der Waals surface area contributed by atoms with E-state index in [2.05, 4.69) is 65.3 Å². The summed E-state index contributed by atoms with van der Waals surface area (Å²) in [6, 6.07) is 1.39. The van der Waals surface area contributed by atoms with Crippen LogP contribution in [0.4, 0.5) is 0 Å². The Morgan fingerprint density at radius 2 is 1.46 bits per heavy atom. The van der Waals surface area contributed by atoms with Gasteiger partial charge in [-0.1, -0.05) is 11.7 Å². The highest BCUT2D eigenvalue weighted by Crippen LogP contribution is 2.46. The Hall–Kier alpha value is 0.540. The van der Waals surface area contributed by atoms with Crippen molar-refractivity contribution < 1.29 is 0 Å². The molecule has 4 aliphatic heterocycles. The van der Waals surface area contributed by atoms with E-state index in [0.29, 0.717) is 28.5 Å². The van der Waals surface area contributed by atoms with Crippen LogP contribution in [0.5, 0.6) is 0 Å². The largest absolute Gasteiger partial charge is 0.300 e. The van der Waals surface area contributed by atoms with Crippen LogP contribution >= 0.6 is 22.6 Å². The van der Waals surface area contributed by atoms with Crippen molar-refractivity contribution in [1.82, 2.24) is 19.0 Å². The van der Waals surface area contributed by atoms with E-state index in [-0.39, 0.29) is 0 Å². The molecule has 0 N–H and O–H groups in total. The van der Waals surface area contributed by atoms with Crippen LogP contribution in [-0.2, 0) is 0 Å². The number of thiol groups is 1. The molecule has 6 heteroatoms. The molecule has 2 spiro atoms. The molecule has 0 bridgehead atoms. The van der Waals surface area contributed by atoms with Gasteiger partial charge in [0.05, 0.1) is 0 Å². The summed E-state index contributed by atoms with van der Waals surface area (Å²) in [6.07, 6.45) is 5.46. The highest BCUT2D eigenvalue weighted by Gasteiger charge is 2.52. The zero-order valence-electron chi connectivity index (χ0n) is 18.8. The summed E-state index contributed by atoms with van der Waals surface area (Å²) >= 11 is 4.40. The van der Waals surface area contributed by atoms with Gasteiger partial charge in [-0.2, -0.15) is 0 Å². The standard InChI is InChI=1S/C22H42N4S2/c1-18(2)23-9-6-21(13-23)7-10-24(14-21)19(3)12-20(4,5)25-15-22(16-25)8-11-26(17-22)28-27/h18-19,27H,6-17H2,1-5H3. The summed E-state index contributed by atoms with van der Waals surface area (Å²) in [4.78, 5) is 8.28. The fourth-order valence-electron chi connectivity index (χ4n) is 6.48. The quantitative estimate of drug-likeness (QED) is 0.392. The second-order valence-electron chi connectivity index (χ2n) is 11.5. The Morgan fingerprint density at radius 3 is 2.04 bits per heavy atom. The van der Waals surface area contributed by atoms with E-state index in [4.69, 9.17) is 0 Å². The second kappa shape index (κ2) is 7.90. The van der Waals surface area contributed by atoms with Crippen LogP contribution in [0.15, 0.2) is 0 Å². The number of hydrogen-bond acceptors (Lipinski definition) is 6. The van der Waals surface area contributed by atoms with Crippen LogP contribution < -0.4 is 0 Å². The minimum Gasteiger partial charge on any atom is -0.300 e. The Bertz CT molecular complexity index is 563. The molecule has 0 aromatic rings. The van der Waals surface area contributed by atoms with E-state index < -0.39 is 0 Å². The monoisotopic (exact) mass is 426 g/mol. The third-order valence-electron chi connectivity index (χ3n) is 8.51. The maximum atomic E-state index is 4.40. The molecule has 0 aromatic heterocycles. The number of hydrogen-bond donors (Lipinski definition) is 1. The molecular weight excluding hydrogens is 384 g/mol. The van der Waals surface area contributed by atoms with Crippen molar-refractivity contribution >= 4 is 22.6 Å². The SMILES string of the molecule is CC(C)N1CCC2(CCN(C(C)CC(C)(C)N3CC4(CCN(SS)C4)C3)C2)C1. The summed E-state index contributed by atoms with van der Waals surface area (Å²) in [5, 5.41) is 0. The first-order valence-corrected chi connectivity index (χ1v) is 13.3. The van der Waals surface area contributed by atoms with Crippen molar-refractivity contribution in [3.8, 4) is 0 Å². The Morgan fingerprint density at radius 1 is 0.857 bits per heavy atom. The van der Waals surface area contributed by atoms with Gasteiger partial charge in [0.25, 0.3) is 0 Å². The van der Waals surface area contributed by atoms with Crippen molar-refractivity contribution in [3.63, 3.8) is 0 Å². The molecule has 162 valence electrons. The van der Waals surface area contributed by atoms with Crippen molar-refractivity contribution in [2.24, 2.45) is 10.8 Å². The van der Waals surface area contributed by atoms with Crippen LogP contribution in [0.2, 0.25) is 0 Å². The predicted molar refractivity (Wildman–Crippen MR) is 125 cm³/mol. The Kier molecular flexibility index (Phi) is 6.14. The van der Waals surface area contributed by atoms with Crippen LogP contribution in [-0.4, -0.2) is 89.0 Å². The maximum Gasteiger partial charge on any atom is 0.0179 e. The van der Waals surface area contributed by atoms with Gasteiger partial charge >= 0.3 is 0 Å². The average Bonchev–Trinajstić information content (AvgIpc) is 3.32. The predicted octanol–water partition coefficient (Wildman–Crippen LogP) is 3.85. The van der Waals surface area contributed by atoms with Crippen LogP contribution in [0, 0.1) is 10.8 Å². The van der Waals surface area contributed by atoms with Gasteiger partial charge in [-0.15, -0.1) is 0 Å². The molecule has 4 nitrogen and oxygen atoms in total. The Balaban J connectivity index is 1.28. The Labute approximate surface area is 182 Å².